The fourth-order valence-corrected chi connectivity index (χ4v) is 17.5. The highest BCUT2D eigenvalue weighted by molar-refractivity contribution is 8.00. The number of carbonyl (C=O) groups excluding carboxylic acids is 6. The number of aliphatic carboxylic acids is 3. The number of amides is 6. The van der Waals surface area contributed by atoms with Crippen LogP contribution in [0.5, 0.6) is 0 Å². The van der Waals surface area contributed by atoms with Crippen molar-refractivity contribution in [3.63, 3.8) is 0 Å². The van der Waals surface area contributed by atoms with Gasteiger partial charge in [-0.3, -0.25) is 39.1 Å². The van der Waals surface area contributed by atoms with Crippen LogP contribution in [0.2, 0.25) is 0 Å². The van der Waals surface area contributed by atoms with E-state index in [0.717, 1.165) is 42.4 Å². The first-order valence-corrected chi connectivity index (χ1v) is 41.9. The molecular formula is C74H105N7O44S2. The molecule has 712 valence electrons. The number of benzene rings is 2. The average molecular weight is 1860 g/mol. The minimum Gasteiger partial charge on any atom is -0.479 e. The first-order valence-electron chi connectivity index (χ1n) is 39.9. The van der Waals surface area contributed by atoms with Gasteiger partial charge < -0.3 is 194 Å². The Labute approximate surface area is 727 Å². The summed E-state index contributed by atoms with van der Waals surface area (Å²) < 4.78 is 87.3. The van der Waals surface area contributed by atoms with Crippen molar-refractivity contribution in [3.8, 4) is 0 Å². The highest BCUT2D eigenvalue weighted by Gasteiger charge is 2.62. The predicted molar refractivity (Wildman–Crippen MR) is 410 cm³/mol. The third kappa shape index (κ3) is 22.2. The molecule has 9 aliphatic rings. The number of para-hydroxylation sites is 1. The number of aliphatic hydroxyl groups is 17. The van der Waals surface area contributed by atoms with Crippen molar-refractivity contribution >= 4 is 88.2 Å². The van der Waals surface area contributed by atoms with E-state index in [0.29, 0.717) is 11.4 Å². The second kappa shape index (κ2) is 43.6. The van der Waals surface area contributed by atoms with E-state index in [1.807, 2.05) is 30.5 Å². The van der Waals surface area contributed by atoms with E-state index in [9.17, 15) is 145 Å². The van der Waals surface area contributed by atoms with Gasteiger partial charge in [0.15, 0.2) is 68.4 Å². The summed E-state index contributed by atoms with van der Waals surface area (Å²) in [5, 5.41) is 233. The number of thioether (sulfide) groups is 1. The summed E-state index contributed by atoms with van der Waals surface area (Å²) in [6.07, 6.45) is -77.5. The molecule has 0 aliphatic carbocycles. The highest BCUT2D eigenvalue weighted by atomic mass is 32.2. The molecule has 127 heavy (non-hydrogen) atoms. The van der Waals surface area contributed by atoms with Gasteiger partial charge in [-0.25, -0.2) is 19.8 Å². The predicted octanol–water partition coefficient (Wildman–Crippen LogP) is -12.6. The number of hydrazine groups is 1. The number of hydrogen-bond donors (Lipinski definition) is 26. The van der Waals surface area contributed by atoms with Crippen LogP contribution in [0.15, 0.2) is 57.2 Å². The molecule has 40 atom stereocenters. The Hall–Kier alpha value is -6.95. The van der Waals surface area contributed by atoms with Crippen LogP contribution >= 0.6 is 23.5 Å². The molecule has 26 N–H and O–H groups in total. The number of rotatable bonds is 32. The second-order valence-corrected chi connectivity index (χ2v) is 33.1. The molecule has 0 radical (unpaired) electrons. The van der Waals surface area contributed by atoms with Gasteiger partial charge >= 0.3 is 17.9 Å². The third-order valence-corrected chi connectivity index (χ3v) is 24.2. The van der Waals surface area contributed by atoms with E-state index in [4.69, 9.17) is 71.1 Å². The highest BCUT2D eigenvalue weighted by Crippen LogP contribution is 2.50. The number of hydrogen-bond acceptors (Lipinski definition) is 44. The molecule has 8 fully saturated rings. The van der Waals surface area contributed by atoms with Crippen LogP contribution < -0.4 is 37.0 Å². The largest absolute Gasteiger partial charge is 0.479 e. The Bertz CT molecular complexity index is 4150. The van der Waals surface area contributed by atoms with Crippen molar-refractivity contribution in [2.75, 3.05) is 44.1 Å². The maximum absolute atomic E-state index is 14.9. The Kier molecular flexibility index (Phi) is 34.5. The van der Waals surface area contributed by atoms with E-state index in [1.54, 1.807) is 23.1 Å². The van der Waals surface area contributed by atoms with E-state index in [2.05, 4.69) is 32.1 Å². The number of anilines is 2. The summed E-state index contributed by atoms with van der Waals surface area (Å²) in [4.78, 5) is 122. The zero-order chi connectivity index (χ0) is 92.9. The summed E-state index contributed by atoms with van der Waals surface area (Å²) in [6.45, 7) is 0.512. The SMILES string of the molecule is CSc1ccc2c(c1)N(C(=O)CCCNNC(=O)C1O[C@@H](O[C@H]3C(CO)O[C@@H](O[C@H]4C(C(=O)O)O[C@@H](O[C@H]5C(CO)O[C@@H](C)C(NC(C)=O)[C@@H]5O)C(O)[C@@H]4O)C(NC(C)=O)[C@@H]3O)C(O)[C@H](O)[C@H]1O[C@@H]1OC(CO)[C@H](O[C@@H]3OC(C(=O)O)[C@H](O[C@@H]4OC(CO)[C@H](O[C@@H]5OC(C(=O)O)[C@@H](O)[C@@H](O)C5O)[C@@H](O)C4NC(C)=O)[C@@H](O)C3O)[C@@H](O)C1NC(C)=O)c1ccccc1S2. The summed E-state index contributed by atoms with van der Waals surface area (Å²) in [5.74, 6) is -11.1. The summed E-state index contributed by atoms with van der Waals surface area (Å²) in [6, 6.07) is 5.51. The Balaban J connectivity index is 0.822. The van der Waals surface area contributed by atoms with Gasteiger partial charge in [-0.05, 0) is 49.9 Å². The summed E-state index contributed by atoms with van der Waals surface area (Å²) in [7, 11) is 0. The van der Waals surface area contributed by atoms with Crippen molar-refractivity contribution in [3.05, 3.63) is 42.5 Å². The first kappa shape index (κ1) is 101. The van der Waals surface area contributed by atoms with Crippen LogP contribution in [-0.2, 0) is 114 Å². The number of nitrogens with zero attached hydrogens (tertiary/aromatic N) is 1. The molecule has 9 aliphatic heterocycles. The lowest BCUT2D eigenvalue weighted by Gasteiger charge is -2.51. The number of fused-ring (bicyclic) bond motifs is 2. The van der Waals surface area contributed by atoms with Crippen molar-refractivity contribution in [2.24, 2.45) is 0 Å². The smallest absolute Gasteiger partial charge is 0.335 e. The van der Waals surface area contributed by atoms with E-state index >= 15 is 0 Å². The van der Waals surface area contributed by atoms with E-state index in [-0.39, 0.29) is 25.3 Å². The minimum atomic E-state index is -2.56. The van der Waals surface area contributed by atoms with Crippen LogP contribution in [0, 0.1) is 0 Å². The number of carboxylic acid groups (broad SMARTS) is 3. The monoisotopic (exact) mass is 1860 g/mol. The van der Waals surface area contributed by atoms with Crippen molar-refractivity contribution < 1.29 is 216 Å². The van der Waals surface area contributed by atoms with E-state index in [1.165, 1.54) is 30.4 Å². The van der Waals surface area contributed by atoms with Gasteiger partial charge in [0.25, 0.3) is 5.91 Å². The molecule has 0 bridgehead atoms. The summed E-state index contributed by atoms with van der Waals surface area (Å²) in [5.41, 5.74) is 6.16. The number of aliphatic hydroxyl groups excluding tert-OH is 17. The van der Waals surface area contributed by atoms with Gasteiger partial charge in [-0.2, -0.15) is 0 Å². The molecule has 11 rings (SSSR count). The van der Waals surface area contributed by atoms with Gasteiger partial charge in [0, 0.05) is 55.3 Å². The maximum atomic E-state index is 14.9. The van der Waals surface area contributed by atoms with Crippen molar-refractivity contribution in [1.29, 1.82) is 0 Å². The maximum Gasteiger partial charge on any atom is 0.335 e. The Morgan fingerprint density at radius 1 is 0.394 bits per heavy atom. The molecule has 2 aromatic carbocycles. The van der Waals surface area contributed by atoms with Crippen molar-refractivity contribution in [2.45, 2.75) is 307 Å². The number of carbonyl (C=O) groups is 9. The molecule has 51 nitrogen and oxygen atoms in total. The van der Waals surface area contributed by atoms with Gasteiger partial charge in [0.1, 0.15) is 165 Å². The van der Waals surface area contributed by atoms with Gasteiger partial charge in [-0.15, -0.1) is 11.8 Å². The van der Waals surface area contributed by atoms with Crippen LogP contribution in [0.3, 0.4) is 0 Å². The van der Waals surface area contributed by atoms with Gasteiger partial charge in [-0.1, -0.05) is 23.9 Å². The molecule has 0 saturated carbocycles. The Morgan fingerprint density at radius 3 is 1.13 bits per heavy atom. The fraction of sp³-hybridized carbons (Fsp3) is 0.716. The topological polar surface area (TPSA) is 772 Å². The minimum absolute atomic E-state index is 0.0138. The second-order valence-electron chi connectivity index (χ2n) is 31.1. The molecule has 53 heteroatoms. The molecule has 6 amide bonds. The zero-order valence-corrected chi connectivity index (χ0v) is 69.7. The fourth-order valence-electron chi connectivity index (χ4n) is 16.1. The van der Waals surface area contributed by atoms with Crippen LogP contribution in [-0.4, -0.2) is 440 Å². The molecule has 16 unspecified atom stereocenters. The molecule has 0 spiro atoms. The Morgan fingerprint density at radius 2 is 0.740 bits per heavy atom. The van der Waals surface area contributed by atoms with Gasteiger partial charge in [0.05, 0.1) is 49.9 Å². The van der Waals surface area contributed by atoms with Gasteiger partial charge in [0.2, 0.25) is 29.5 Å². The van der Waals surface area contributed by atoms with Crippen molar-refractivity contribution in [1.82, 2.24) is 32.1 Å². The average Bonchev–Trinajstić information content (AvgIpc) is 0.774. The summed E-state index contributed by atoms with van der Waals surface area (Å²) >= 11 is 2.90. The number of carboxylic acids is 3. The van der Waals surface area contributed by atoms with Crippen LogP contribution in [0.1, 0.15) is 47.5 Å². The van der Waals surface area contributed by atoms with E-state index < -0.39 is 319 Å². The lowest BCUT2D eigenvalue weighted by molar-refractivity contribution is -0.381. The molecule has 0 aromatic heterocycles. The molecule has 9 heterocycles. The lowest BCUT2D eigenvalue weighted by atomic mass is 9.92. The van der Waals surface area contributed by atoms with Crippen LogP contribution in [0.25, 0.3) is 0 Å². The lowest BCUT2D eigenvalue weighted by Crippen LogP contribution is -2.71. The molecular weight excluding hydrogens is 1750 g/mol. The molecule has 8 saturated heterocycles. The standard InChI is InChI=1S/C74H105N7O44S2/c1-21-36(76-22(2)86)40(91)53(29(17-82)111-21)115-73-51(102)47(98)58(62(124-73)66(107)108)120-70-39(79-25(5)89)43(94)55(31(19-84)114-70)117-72-50(101)46(97)57(61(123-72)64(104)80-75-15-9-12-35(90)81-27-10-7-8-11-33(27)127-34-14-13-26(126-6)16-28(34)81)119-68-37(77-23(3)87)41(92)56(32(20-85)112-68)118-74-52(103)48(99)59(63(125-74)67(109)110)121-69-38(78-24(4)88)42(93)54(30(18-83)113-69)116-71-49(100)44(95)45(96)60(122-71)65(105)106/h7-8,10-11,13-14,16,21,29-32,36-63,68-75,82-85,91-103H,9,12,15,17-20H2,1-6H3,(H,76,86)(H,77,87)(H,78,88)(H,79,89)(H,80,104)(H,105,106)(H,107,108)(H,109,110)/t21-,29?,30?,31?,32?,36?,37?,38?,39?,40-,41-,42-,43-,44+,45-,46-,47-,48-,49?,50?,51?,52?,53-,54-,55-,56-,57+,58+,59+,60?,61?,62?,63?,68-,69-,70-,71+,72+,73+,74+/m0/s1. The number of nitrogens with one attached hydrogen (secondary N) is 6. The number of ether oxygens (including phenoxy) is 15. The first-order chi connectivity index (χ1) is 60.2. The third-order valence-electron chi connectivity index (χ3n) is 22.3. The quantitative estimate of drug-likeness (QED) is 0.0184. The molecule has 2 aromatic rings. The zero-order valence-electron chi connectivity index (χ0n) is 68.1. The van der Waals surface area contributed by atoms with Crippen LogP contribution in [0.4, 0.5) is 11.4 Å². The normalized spacial score (nSPS) is 41.0.